The lowest BCUT2D eigenvalue weighted by atomic mass is 9.75. The number of fused-ring (bicyclic) bond motifs is 18. The van der Waals surface area contributed by atoms with Crippen molar-refractivity contribution >= 4 is 0 Å². The highest BCUT2D eigenvalue weighted by Gasteiger charge is 2.48. The molecular weight excluding hydrogens is 1790 g/mol. The largest absolute Gasteiger partial charge is 0.493 e. The number of methoxy groups -OCH3 is 12. The summed E-state index contributed by atoms with van der Waals surface area (Å²) in [6.45, 7) is -29.2. The molecule has 6 aromatic rings. The van der Waals surface area contributed by atoms with Crippen LogP contribution < -0.4 is 56.8 Å². The lowest BCUT2D eigenvalue weighted by Gasteiger charge is -2.47. The number of ether oxygens (including phenoxy) is 12. The van der Waals surface area contributed by atoms with Crippen molar-refractivity contribution in [3.63, 3.8) is 0 Å². The van der Waals surface area contributed by atoms with E-state index in [0.29, 0.717) is 124 Å². The van der Waals surface area contributed by atoms with Crippen molar-refractivity contribution in [1.82, 2.24) is 29.4 Å². The zero-order chi connectivity index (χ0) is 152. The van der Waals surface area contributed by atoms with Gasteiger partial charge in [-0.1, -0.05) is 110 Å². The maximum Gasteiger partial charge on any atom is 0.161 e. The molecule has 12 heterocycles. The third kappa shape index (κ3) is 27.1. The van der Waals surface area contributed by atoms with Gasteiger partial charge < -0.3 is 87.5 Å². The normalized spacial score (nSPS) is 38.2. The number of hydrogen-bond donors (Lipinski definition) is 6. The molecule has 0 aliphatic carbocycles. The summed E-state index contributed by atoms with van der Waals surface area (Å²) in [5.41, 5.74) is -3.47. The second-order valence-electron chi connectivity index (χ2n) is 39.3. The van der Waals surface area contributed by atoms with E-state index in [4.69, 9.17) is 135 Å². The molecular formula is C118H182N6O18. The maximum absolute atomic E-state index is 11.1. The van der Waals surface area contributed by atoms with Crippen LogP contribution in [0.15, 0.2) is 72.8 Å². The smallest absolute Gasteiger partial charge is 0.161 e. The molecule has 6 saturated heterocycles. The van der Waals surface area contributed by atoms with Crippen molar-refractivity contribution in [1.29, 1.82) is 0 Å². The van der Waals surface area contributed by atoms with E-state index >= 15 is 0 Å². The molecule has 18 rings (SSSR count). The van der Waals surface area contributed by atoms with Crippen molar-refractivity contribution in [3.05, 3.63) is 140 Å². The van der Waals surface area contributed by atoms with Gasteiger partial charge in [0.1, 0.15) is 0 Å². The Hall–Kier alpha value is -7.56. The zero-order valence-electron chi connectivity index (χ0n) is 141. The first-order valence-corrected chi connectivity index (χ1v) is 48.1. The maximum atomic E-state index is 11.1. The second kappa shape index (κ2) is 48.2. The van der Waals surface area contributed by atoms with Gasteiger partial charge in [-0.15, -0.1) is 0 Å². The number of aliphatic hydroxyl groups is 6. The Labute approximate surface area is 932 Å². The molecule has 0 saturated carbocycles. The van der Waals surface area contributed by atoms with Gasteiger partial charge in [-0.25, -0.2) is 0 Å². The molecule has 18 atom stereocenters. The highest BCUT2D eigenvalue weighted by atomic mass is 16.5. The Kier molecular flexibility index (Phi) is 19.6. The van der Waals surface area contributed by atoms with Crippen LogP contribution in [0.25, 0.3) is 0 Å². The molecule has 6 N–H and O–H groups in total. The fourth-order valence-corrected chi connectivity index (χ4v) is 20.8. The van der Waals surface area contributed by atoms with Crippen molar-refractivity contribution < 1.29 is 166 Å². The third-order valence-corrected chi connectivity index (χ3v) is 27.4. The monoisotopic (exact) mass is 2030 g/mol. The van der Waals surface area contributed by atoms with E-state index in [0.717, 1.165) is 55.5 Å². The number of piperidine rings is 6. The summed E-state index contributed by atoms with van der Waals surface area (Å²) in [5, 5.41) is 66.3. The van der Waals surface area contributed by atoms with E-state index in [1.165, 1.54) is 101 Å². The summed E-state index contributed by atoms with van der Waals surface area (Å²) >= 11 is 0. The summed E-state index contributed by atoms with van der Waals surface area (Å²) in [7, 11) is 4.82. The van der Waals surface area contributed by atoms with Crippen LogP contribution >= 0.6 is 0 Å². The summed E-state index contributed by atoms with van der Waals surface area (Å²) < 4.78 is 529. The lowest BCUT2D eigenvalue weighted by molar-refractivity contribution is -0.0259. The van der Waals surface area contributed by atoms with Gasteiger partial charge >= 0.3 is 0 Å². The number of nitrogens with zero attached hydrogens (tertiary/aromatic N) is 6. The predicted molar refractivity (Wildman–Crippen MR) is 565 cm³/mol. The number of benzene rings is 6. The highest BCUT2D eigenvalue weighted by Crippen LogP contribution is 2.53. The number of rotatable bonds is 20. The highest BCUT2D eigenvalue weighted by molar-refractivity contribution is 5.55. The van der Waals surface area contributed by atoms with Gasteiger partial charge in [0.05, 0.1) is 135 Å². The molecule has 12 aliphatic rings. The van der Waals surface area contributed by atoms with Crippen molar-refractivity contribution in [2.45, 2.75) is 298 Å². The molecule has 6 aromatic carbocycles. The first kappa shape index (κ1) is 57.8. The van der Waals surface area contributed by atoms with E-state index in [2.05, 4.69) is 0 Å². The van der Waals surface area contributed by atoms with E-state index in [1.54, 1.807) is 74.5 Å². The molecule has 6 fully saturated rings. The fraction of sp³-hybridized carbons (Fsp3) is 0.695. The predicted octanol–water partition coefficient (Wildman–Crippen LogP) is 19.7. The van der Waals surface area contributed by atoms with Crippen LogP contribution in [0.3, 0.4) is 0 Å². The standard InChI is InChI=1S/4C20H31NO3.2C19H29NO3/c4*1-20(2,3)11-14-12-21-7-6-13-8-18(23-4)19(24-5)9-15(13)16(21)10-17(14)22;2*1-12(2)7-14-11-20-6-5-13-8-18(22-3)19(23-4)9-15(13)16(20)10-17(14)21/h4*8-9,14,16-17,22H,6-7,10-12H2,1-5H3;2*8-9,12,14,16-17,21H,5-7,10-11H2,1-4H3/i2*1D3,2D3,5D3,11D2,12D2;2*1D3,2D3,11D2,12D2;10D2,11D2,14D,17D;4D3,11D2. The average molecular weight is 2030 g/mol. The van der Waals surface area contributed by atoms with Crippen LogP contribution in [0.1, 0.15) is 368 Å². The first-order valence-electron chi connectivity index (χ1n) is 76.6. The zero-order valence-corrected chi connectivity index (χ0v) is 84.0. The fourth-order valence-electron chi connectivity index (χ4n) is 20.8. The quantitative estimate of drug-likeness (QED) is 0.0415. The summed E-state index contributed by atoms with van der Waals surface area (Å²) in [4.78, 5) is 8.47. The Morgan fingerprint density at radius 1 is 0.296 bits per heavy atom. The lowest BCUT2D eigenvalue weighted by Crippen LogP contribution is -2.48. The Balaban J connectivity index is 0.000000192. The first-order chi connectivity index (χ1) is 89.9. The minimum absolute atomic E-state index is 0.0465. The van der Waals surface area contributed by atoms with Crippen LogP contribution in [0, 0.1) is 69.0 Å². The molecule has 0 radical (unpaired) electrons. The van der Waals surface area contributed by atoms with Crippen molar-refractivity contribution in [2.24, 2.45) is 69.0 Å². The average Bonchev–Trinajstić information content (AvgIpc) is 0.668. The van der Waals surface area contributed by atoms with Gasteiger partial charge in [0.2, 0.25) is 0 Å². The van der Waals surface area contributed by atoms with Crippen molar-refractivity contribution in [3.8, 4) is 69.0 Å². The molecule has 0 aromatic heterocycles. The molecule has 0 spiro atoms. The topological polar surface area (TPSA) is 252 Å². The summed E-state index contributed by atoms with van der Waals surface area (Å²) in [6.07, 6.45) is -23.3. The molecule has 792 valence electrons. The van der Waals surface area contributed by atoms with Gasteiger partial charge in [0.25, 0.3) is 0 Å². The Bertz CT molecular complexity index is 7310. The van der Waals surface area contributed by atoms with Gasteiger partial charge in [0.15, 0.2) is 69.0 Å². The molecule has 142 heavy (non-hydrogen) atoms. The van der Waals surface area contributed by atoms with Crippen LogP contribution in [0.5, 0.6) is 69.0 Å². The van der Waals surface area contributed by atoms with E-state index < -0.39 is 271 Å². The molecule has 0 bridgehead atoms. The SMILES string of the molecule is [2H]C([2H])([2H])Oc1cc2c(cc1OC)CCN1C2CC(O)C(C([2H])([2H])C(C)(C([2H])([2H])[2H])C([2H])([2H])[2H])C1([2H])[2H].[2H]C([2H])([2H])Oc1cc2c(cc1OC)CCN1C2CC(O)C(C([2H])([2H])C(C)(C([2H])([2H])[2H])C([2H])([2H])[2H])C1([2H])[2H].[2H]C([2H])([2H])Oc1cc2c(cc1OC)CCN1C2CC(O)C(CC(C)C)C1([2H])[2H].[2H]C1([2H])C(C([2H])([2H])C(C)(C([2H])([2H])[2H])C([2H])([2H])[2H])C(O)CC2c3cc(OC)c(OC)cc3CCN21.[2H]C1([2H])C(C([2H])([2H])C(C)(C([2H])([2H])[2H])C([2H])([2H])[2H])C(O)CC2c3cc(OC)c(OC)cc3CCN21.[2H]C1([2H])C2c3cc(OC)c(OC)cc3CCN2C([2H])([2H])C([2H])(CC(C)C)C1([2H])O. The Morgan fingerprint density at radius 2 is 0.493 bits per heavy atom. The molecule has 18 unspecified atom stereocenters. The molecule has 24 heteroatoms. The second-order valence-corrected chi connectivity index (χ2v) is 39.3. The molecule has 12 aliphatic heterocycles. The molecule has 24 nitrogen and oxygen atoms in total. The number of hydrogen-bond acceptors (Lipinski definition) is 24. The van der Waals surface area contributed by atoms with Crippen LogP contribution in [-0.4, -0.2) is 260 Å². The van der Waals surface area contributed by atoms with Crippen LogP contribution in [0.2, 0.25) is 0 Å². The number of aliphatic hydroxyl groups excluding tert-OH is 5. The summed E-state index contributed by atoms with van der Waals surface area (Å²) in [6, 6.07) is 15.1. The third-order valence-electron chi connectivity index (χ3n) is 27.4. The van der Waals surface area contributed by atoms with E-state index in [-0.39, 0.29) is 124 Å². The van der Waals surface area contributed by atoms with Crippen LogP contribution in [-0.2, 0) is 38.5 Å². The minimum atomic E-state index is -3.35. The van der Waals surface area contributed by atoms with E-state index in [1.807, 2.05) is 18.7 Å². The van der Waals surface area contributed by atoms with E-state index in [9.17, 15) is 30.6 Å². The Morgan fingerprint density at radius 3 is 0.704 bits per heavy atom. The summed E-state index contributed by atoms with van der Waals surface area (Å²) in [5.74, 6) is -7.41. The minimum Gasteiger partial charge on any atom is -0.493 e. The van der Waals surface area contributed by atoms with Crippen LogP contribution in [0.4, 0.5) is 0 Å². The van der Waals surface area contributed by atoms with Gasteiger partial charge in [-0.3, -0.25) is 29.4 Å². The van der Waals surface area contributed by atoms with Crippen molar-refractivity contribution in [2.75, 3.05) is 163 Å². The van der Waals surface area contributed by atoms with Gasteiger partial charge in [0, 0.05) is 179 Å². The molecule has 0 amide bonds. The van der Waals surface area contributed by atoms with Gasteiger partial charge in [-0.2, -0.15) is 0 Å². The van der Waals surface area contributed by atoms with Gasteiger partial charge in [-0.05, 0) is 324 Å².